The van der Waals surface area contributed by atoms with Gasteiger partial charge >= 0.3 is 11.9 Å². The molecule has 0 spiro atoms. The van der Waals surface area contributed by atoms with Crippen molar-refractivity contribution < 1.29 is 32.0 Å². The zero-order valence-electron chi connectivity index (χ0n) is 16.1. The molecule has 0 radical (unpaired) electrons. The molecule has 178 valence electrons. The highest BCUT2D eigenvalue weighted by Gasteiger charge is 2.31. The van der Waals surface area contributed by atoms with Gasteiger partial charge in [0.2, 0.25) is 0 Å². The number of halogens is 6. The second-order valence-corrected chi connectivity index (χ2v) is 13.1. The molecule has 0 saturated heterocycles. The molecule has 0 aliphatic rings. The van der Waals surface area contributed by atoms with Crippen LogP contribution in [0.25, 0.3) is 0 Å². The molecular formula is C20H7Br4I2O7S-. The Kier molecular flexibility index (Phi) is 9.64. The second kappa shape index (κ2) is 11.5. The van der Waals surface area contributed by atoms with Crippen LogP contribution in [0.5, 0.6) is 11.5 Å². The van der Waals surface area contributed by atoms with Crippen molar-refractivity contribution in [1.29, 1.82) is 0 Å². The number of esters is 2. The van der Waals surface area contributed by atoms with Gasteiger partial charge in [-0.05, 0) is 133 Å². The van der Waals surface area contributed by atoms with E-state index in [0.29, 0.717) is 8.95 Å². The SMILES string of the molecule is O=C(Oc1ccccc1)c1c(Br)c(Br)c(Br)c(Br)c1C(=O)Oc1cc(I)c(S(=O)(=O)[O-])c(I)c1. The minimum atomic E-state index is -4.72. The van der Waals surface area contributed by atoms with Gasteiger partial charge in [-0.3, -0.25) is 0 Å². The average Bonchev–Trinajstić information content (AvgIpc) is 2.73. The first-order valence-corrected chi connectivity index (χ1v) is 15.4. The normalized spacial score (nSPS) is 11.3. The van der Waals surface area contributed by atoms with E-state index in [2.05, 4.69) is 63.7 Å². The smallest absolute Gasteiger partial charge is 0.345 e. The molecule has 3 aromatic rings. The van der Waals surface area contributed by atoms with Gasteiger partial charge in [0.1, 0.15) is 21.6 Å². The Labute approximate surface area is 254 Å². The number of rotatable bonds is 5. The maximum absolute atomic E-state index is 13.2. The lowest BCUT2D eigenvalue weighted by Crippen LogP contribution is -2.20. The van der Waals surface area contributed by atoms with E-state index in [0.717, 1.165) is 0 Å². The van der Waals surface area contributed by atoms with Crippen LogP contribution in [0.2, 0.25) is 0 Å². The van der Waals surface area contributed by atoms with Gasteiger partial charge in [0.25, 0.3) is 0 Å². The molecule has 0 N–H and O–H groups in total. The fourth-order valence-corrected chi connectivity index (χ4v) is 9.02. The highest BCUT2D eigenvalue weighted by molar-refractivity contribution is 14.1. The molecule has 0 amide bonds. The van der Waals surface area contributed by atoms with Gasteiger partial charge in [-0.25, -0.2) is 18.0 Å². The molecule has 0 aliphatic carbocycles. The molecule has 0 fully saturated rings. The van der Waals surface area contributed by atoms with Crippen LogP contribution >= 0.6 is 109 Å². The summed E-state index contributed by atoms with van der Waals surface area (Å²) in [4.78, 5) is 25.9. The van der Waals surface area contributed by atoms with Crippen LogP contribution in [0.15, 0.2) is 65.3 Å². The number of ether oxygens (including phenoxy) is 2. The lowest BCUT2D eigenvalue weighted by molar-refractivity contribution is 0.0690. The Morgan fingerprint density at radius 2 is 1.15 bits per heavy atom. The van der Waals surface area contributed by atoms with Crippen molar-refractivity contribution in [3.8, 4) is 11.5 Å². The largest absolute Gasteiger partial charge is 0.744 e. The number of benzene rings is 3. The van der Waals surface area contributed by atoms with Crippen LogP contribution in [0.4, 0.5) is 0 Å². The number of carbonyl (C=O) groups excluding carboxylic acids is 2. The molecule has 0 bridgehead atoms. The van der Waals surface area contributed by atoms with E-state index in [1.54, 1.807) is 75.5 Å². The van der Waals surface area contributed by atoms with Gasteiger partial charge in [-0.2, -0.15) is 0 Å². The summed E-state index contributed by atoms with van der Waals surface area (Å²) in [6.07, 6.45) is 0. The molecule has 34 heavy (non-hydrogen) atoms. The zero-order chi connectivity index (χ0) is 25.4. The van der Waals surface area contributed by atoms with Crippen LogP contribution in [0, 0.1) is 7.14 Å². The molecule has 0 aliphatic heterocycles. The summed E-state index contributed by atoms with van der Waals surface area (Å²) in [5.41, 5.74) is -0.257. The predicted molar refractivity (Wildman–Crippen MR) is 153 cm³/mol. The predicted octanol–water partition coefficient (Wildman–Crippen LogP) is 7.29. The van der Waals surface area contributed by atoms with Gasteiger partial charge in [-0.15, -0.1) is 0 Å². The lowest BCUT2D eigenvalue weighted by atomic mass is 10.1. The lowest BCUT2D eigenvalue weighted by Gasteiger charge is -2.17. The topological polar surface area (TPSA) is 110 Å². The average molecular weight is 965 g/mol. The number of hydrogen-bond donors (Lipinski definition) is 0. The first-order valence-electron chi connectivity index (χ1n) is 8.63. The Bertz CT molecular complexity index is 1410. The van der Waals surface area contributed by atoms with Crippen molar-refractivity contribution in [2.45, 2.75) is 4.90 Å². The van der Waals surface area contributed by atoms with Crippen LogP contribution < -0.4 is 9.47 Å². The summed E-state index contributed by atoms with van der Waals surface area (Å²) in [5.74, 6) is -1.50. The Morgan fingerprint density at radius 3 is 1.56 bits per heavy atom. The summed E-state index contributed by atoms with van der Waals surface area (Å²) in [5, 5.41) is 0. The maximum Gasteiger partial charge on any atom is 0.345 e. The van der Waals surface area contributed by atoms with Crippen LogP contribution in [0.3, 0.4) is 0 Å². The quantitative estimate of drug-likeness (QED) is 0.0661. The third-order valence-corrected chi connectivity index (χ3v) is 12.2. The molecular weight excluding hydrogens is 958 g/mol. The Hall–Kier alpha value is -0.110. The zero-order valence-corrected chi connectivity index (χ0v) is 27.6. The third kappa shape index (κ3) is 6.23. The summed E-state index contributed by atoms with van der Waals surface area (Å²) >= 11 is 16.7. The second-order valence-electron chi connectivity index (χ2n) is 6.27. The number of carbonyl (C=O) groups is 2. The number of para-hydroxylation sites is 1. The molecule has 0 unspecified atom stereocenters. The number of hydrogen-bond acceptors (Lipinski definition) is 7. The van der Waals surface area contributed by atoms with Gasteiger partial charge in [0.05, 0.1) is 16.0 Å². The molecule has 0 saturated carbocycles. The van der Waals surface area contributed by atoms with Crippen molar-refractivity contribution in [3.05, 3.63) is 78.6 Å². The minimum absolute atomic E-state index is 0.0179. The van der Waals surface area contributed by atoms with E-state index in [1.807, 2.05) is 0 Å². The molecule has 3 rings (SSSR count). The highest BCUT2D eigenvalue weighted by atomic mass is 127. The van der Waals surface area contributed by atoms with E-state index in [4.69, 9.17) is 9.47 Å². The van der Waals surface area contributed by atoms with E-state index < -0.39 is 27.0 Å². The first kappa shape index (κ1) is 28.5. The maximum atomic E-state index is 13.2. The third-order valence-electron chi connectivity index (χ3n) is 4.06. The van der Waals surface area contributed by atoms with Gasteiger partial charge in [0.15, 0.2) is 0 Å². The van der Waals surface area contributed by atoms with Crippen LogP contribution in [-0.2, 0) is 10.1 Å². The molecule has 3 aromatic carbocycles. The first-order chi connectivity index (χ1) is 15.8. The van der Waals surface area contributed by atoms with Gasteiger partial charge in [-0.1, -0.05) is 18.2 Å². The van der Waals surface area contributed by atoms with Crippen molar-refractivity contribution >= 4 is 131 Å². The van der Waals surface area contributed by atoms with Crippen molar-refractivity contribution in [2.24, 2.45) is 0 Å². The molecule has 14 heteroatoms. The standard InChI is InChI=1S/C20H8Br4I2O7S/c21-14-12(19(27)32-8-4-2-1-3-5-8)13(15(22)17(24)16(14)23)20(28)33-9-6-10(25)18(11(26)7-9)34(29,30)31/h1-7H,(H,29,30,31)/p-1. The van der Waals surface area contributed by atoms with Crippen molar-refractivity contribution in [1.82, 2.24) is 0 Å². The van der Waals surface area contributed by atoms with E-state index in [1.165, 1.54) is 12.1 Å². The van der Waals surface area contributed by atoms with Crippen molar-refractivity contribution in [2.75, 3.05) is 0 Å². The van der Waals surface area contributed by atoms with E-state index in [-0.39, 0.29) is 38.7 Å². The summed E-state index contributed by atoms with van der Waals surface area (Å²) < 4.78 is 46.9. The highest BCUT2D eigenvalue weighted by Crippen LogP contribution is 2.43. The van der Waals surface area contributed by atoms with Gasteiger partial charge in [0, 0.05) is 25.0 Å². The Balaban J connectivity index is 2.09. The van der Waals surface area contributed by atoms with E-state index in [9.17, 15) is 22.6 Å². The molecule has 0 heterocycles. The Morgan fingerprint density at radius 1 is 0.735 bits per heavy atom. The summed E-state index contributed by atoms with van der Waals surface area (Å²) in [6.45, 7) is 0. The molecule has 0 aromatic heterocycles. The monoisotopic (exact) mass is 960 g/mol. The van der Waals surface area contributed by atoms with Crippen LogP contribution in [0.1, 0.15) is 20.7 Å². The fourth-order valence-electron chi connectivity index (χ4n) is 2.65. The molecule has 0 atom stereocenters. The van der Waals surface area contributed by atoms with Crippen molar-refractivity contribution in [3.63, 3.8) is 0 Å². The summed E-state index contributed by atoms with van der Waals surface area (Å²) in [7, 11) is -4.72. The van der Waals surface area contributed by atoms with Crippen LogP contribution in [-0.4, -0.2) is 24.9 Å². The fraction of sp³-hybridized carbons (Fsp3) is 0. The van der Waals surface area contributed by atoms with E-state index >= 15 is 0 Å². The van der Waals surface area contributed by atoms with Gasteiger partial charge < -0.3 is 14.0 Å². The minimum Gasteiger partial charge on any atom is -0.744 e. The molecule has 7 nitrogen and oxygen atoms in total. The summed E-state index contributed by atoms with van der Waals surface area (Å²) in [6, 6.07) is 10.8.